The Balaban J connectivity index is 3.13. The topological polar surface area (TPSA) is 194 Å². The van der Waals surface area contributed by atoms with E-state index in [1.165, 1.54) is 64.8 Å². The molecular formula is C16H18Cl2O12Te. The van der Waals surface area contributed by atoms with Crippen LogP contribution in [0, 0.1) is 20.5 Å². The zero-order chi connectivity index (χ0) is 23.4. The molecule has 0 aliphatic rings. The van der Waals surface area contributed by atoms with Crippen LogP contribution in [0.3, 0.4) is 0 Å². The van der Waals surface area contributed by atoms with Gasteiger partial charge in [0, 0.05) is 0 Å². The summed E-state index contributed by atoms with van der Waals surface area (Å²) in [4.78, 5) is 0. The van der Waals surface area contributed by atoms with Crippen molar-refractivity contribution in [2.45, 2.75) is 0 Å². The fourth-order valence-electron chi connectivity index (χ4n) is 2.62. The standard InChI is InChI=1S/C16H18Cl2O12Te/c1-25-11-7-5-8-12(26-2)15(11)31(29-17(19,20)21,30-18(22,23)24)16-13(27-3)9-6-10-14(16)28-4/h5-10H,1-4H3. The first-order valence-electron chi connectivity index (χ1n) is 7.91. The number of benzene rings is 2. The van der Waals surface area contributed by atoms with Crippen LogP contribution < -0.4 is 54.1 Å². The van der Waals surface area contributed by atoms with Crippen molar-refractivity contribution in [2.75, 3.05) is 28.4 Å². The van der Waals surface area contributed by atoms with Gasteiger partial charge in [0.25, 0.3) is 0 Å². The van der Waals surface area contributed by atoms with Gasteiger partial charge in [0.15, 0.2) is 0 Å². The van der Waals surface area contributed by atoms with E-state index >= 15 is 0 Å². The van der Waals surface area contributed by atoms with Crippen LogP contribution in [0.1, 0.15) is 0 Å². The number of rotatable bonds is 10. The molecule has 0 bridgehead atoms. The summed E-state index contributed by atoms with van der Waals surface area (Å²) in [6.07, 6.45) is 0. The number of hydrogen-bond donors (Lipinski definition) is 0. The van der Waals surface area contributed by atoms with E-state index in [1.807, 2.05) is 0 Å². The molecule has 174 valence electrons. The van der Waals surface area contributed by atoms with Gasteiger partial charge in [-0.1, -0.05) is 0 Å². The molecule has 0 atom stereocenters. The molecule has 0 aliphatic heterocycles. The van der Waals surface area contributed by atoms with Crippen molar-refractivity contribution >= 4 is 26.2 Å². The van der Waals surface area contributed by atoms with Crippen molar-refractivity contribution < 1.29 is 72.7 Å². The molecule has 0 spiro atoms. The van der Waals surface area contributed by atoms with E-state index in [9.17, 15) is 28.0 Å². The summed E-state index contributed by atoms with van der Waals surface area (Å²) in [5.41, 5.74) is 0. The van der Waals surface area contributed by atoms with E-state index in [1.54, 1.807) is 0 Å². The third kappa shape index (κ3) is 5.93. The Kier molecular flexibility index (Phi) is 8.45. The third-order valence-corrected chi connectivity index (χ3v) is 15.3. The predicted molar refractivity (Wildman–Crippen MR) is 86.3 cm³/mol. The van der Waals surface area contributed by atoms with Gasteiger partial charge in [0.05, 0.1) is 0 Å². The van der Waals surface area contributed by atoms with Crippen molar-refractivity contribution in [2.24, 2.45) is 0 Å². The molecular weight excluding hydrogens is 583 g/mol. The number of hydrogen-bond acceptors (Lipinski definition) is 12. The second-order valence-electron chi connectivity index (χ2n) is 5.37. The minimum absolute atomic E-state index is 0.175. The fourth-order valence-corrected chi connectivity index (χ4v) is 15.1. The van der Waals surface area contributed by atoms with Gasteiger partial charge in [-0.2, -0.15) is 0 Å². The van der Waals surface area contributed by atoms with E-state index in [-0.39, 0.29) is 23.0 Å². The van der Waals surface area contributed by atoms with Crippen LogP contribution >= 0.6 is 0 Å². The van der Waals surface area contributed by atoms with Crippen molar-refractivity contribution in [3.63, 3.8) is 0 Å². The maximum atomic E-state index is 11.8. The van der Waals surface area contributed by atoms with Gasteiger partial charge >= 0.3 is 187 Å². The first-order valence-corrected chi connectivity index (χ1v) is 14.6. The molecule has 0 unspecified atom stereocenters. The molecule has 0 aliphatic carbocycles. The molecule has 0 aromatic heterocycles. The van der Waals surface area contributed by atoms with Gasteiger partial charge in [-0.05, 0) is 0 Å². The van der Waals surface area contributed by atoms with E-state index in [0.29, 0.717) is 0 Å². The van der Waals surface area contributed by atoms with E-state index < -0.39 is 46.7 Å². The molecule has 0 fully saturated rings. The molecule has 0 saturated heterocycles. The molecule has 2 aromatic carbocycles. The summed E-state index contributed by atoms with van der Waals surface area (Å²) < 4.78 is 100. The first kappa shape index (κ1) is 25.9. The molecule has 2 aromatic rings. The molecule has 0 N–H and O–H groups in total. The van der Waals surface area contributed by atoms with Gasteiger partial charge < -0.3 is 0 Å². The zero-order valence-corrected chi connectivity index (χ0v) is 20.4. The fraction of sp³-hybridized carbons (Fsp3) is 0.250. The van der Waals surface area contributed by atoms with Crippen molar-refractivity contribution in [1.29, 1.82) is 0 Å². The molecule has 15 heteroatoms. The second kappa shape index (κ2) is 10.1. The predicted octanol–water partition coefficient (Wildman–Crippen LogP) is -5.89. The van der Waals surface area contributed by atoms with Gasteiger partial charge in [0.1, 0.15) is 0 Å². The maximum absolute atomic E-state index is 11.8. The van der Waals surface area contributed by atoms with Crippen LogP contribution in [0.2, 0.25) is 0 Å². The normalized spacial score (nSPS) is 13.0. The summed E-state index contributed by atoms with van der Waals surface area (Å²) >= 11 is -6.18. The van der Waals surface area contributed by atoms with Gasteiger partial charge in [-0.25, -0.2) is 0 Å². The summed E-state index contributed by atoms with van der Waals surface area (Å²) in [6, 6.07) is 8.07. The summed E-state index contributed by atoms with van der Waals surface area (Å²) in [6.45, 7) is 0. The van der Waals surface area contributed by atoms with E-state index in [4.69, 9.17) is 24.3 Å². The molecule has 0 radical (unpaired) electrons. The average Bonchev–Trinajstić information content (AvgIpc) is 2.69. The van der Waals surface area contributed by atoms with Crippen LogP contribution in [-0.4, -0.2) is 47.4 Å². The quantitative estimate of drug-likeness (QED) is 0.235. The van der Waals surface area contributed by atoms with Crippen LogP contribution in [0.5, 0.6) is 23.0 Å². The summed E-state index contributed by atoms with van der Waals surface area (Å²) in [5.74, 6) is -0.699. The second-order valence-corrected chi connectivity index (χ2v) is 14.5. The van der Waals surface area contributed by atoms with Crippen LogP contribution in [0.15, 0.2) is 36.4 Å². The van der Waals surface area contributed by atoms with Gasteiger partial charge in [-0.3, -0.25) is 0 Å². The third-order valence-electron chi connectivity index (χ3n) is 3.63. The van der Waals surface area contributed by atoms with Crippen molar-refractivity contribution in [1.82, 2.24) is 0 Å². The molecule has 0 saturated carbocycles. The van der Waals surface area contributed by atoms with Gasteiger partial charge in [0.2, 0.25) is 0 Å². The molecule has 0 amide bonds. The van der Waals surface area contributed by atoms with Crippen LogP contribution in [0.25, 0.3) is 0 Å². The Hall–Kier alpha value is -1.31. The SMILES string of the molecule is COc1cccc(OC)c1[Te](O[Cl+3]([O-])([O-])[O-])(O[Cl+3]([O-])([O-])[O-])c1c(OC)cccc1OC. The Morgan fingerprint density at radius 1 is 0.548 bits per heavy atom. The number of ether oxygens (including phenoxy) is 4. The minimum atomic E-state index is -6.18. The number of halogens is 2. The Labute approximate surface area is 186 Å². The summed E-state index contributed by atoms with van der Waals surface area (Å²) in [5, 5.41) is 0. The van der Waals surface area contributed by atoms with Crippen molar-refractivity contribution in [3.05, 3.63) is 36.4 Å². The average molecular weight is 601 g/mol. The molecule has 12 nitrogen and oxygen atoms in total. The molecule has 0 heterocycles. The van der Waals surface area contributed by atoms with E-state index in [2.05, 4.69) is 0 Å². The Morgan fingerprint density at radius 3 is 1.00 bits per heavy atom. The van der Waals surface area contributed by atoms with Crippen LogP contribution in [-0.2, 0) is 5.31 Å². The zero-order valence-electron chi connectivity index (χ0n) is 16.5. The first-order chi connectivity index (χ1) is 14.4. The number of methoxy groups -OCH3 is 4. The molecule has 31 heavy (non-hydrogen) atoms. The molecule has 2 rings (SSSR count). The van der Waals surface area contributed by atoms with Gasteiger partial charge in [-0.15, -0.1) is 0 Å². The summed E-state index contributed by atoms with van der Waals surface area (Å²) in [7, 11) is -5.98. The van der Waals surface area contributed by atoms with E-state index in [0.717, 1.165) is 0 Å². The van der Waals surface area contributed by atoms with Crippen LogP contribution in [0.4, 0.5) is 0 Å². The Bertz CT molecular complexity index is 781. The monoisotopic (exact) mass is 602 g/mol. The van der Waals surface area contributed by atoms with Crippen molar-refractivity contribution in [3.8, 4) is 23.0 Å². The Morgan fingerprint density at radius 2 is 0.806 bits per heavy atom.